The number of benzene rings is 1. The minimum Gasteiger partial charge on any atom is -0.352 e. The van der Waals surface area contributed by atoms with Gasteiger partial charge >= 0.3 is 0 Å². The molecule has 1 fully saturated rings. The van der Waals surface area contributed by atoms with Crippen LogP contribution in [0.2, 0.25) is 0 Å². The summed E-state index contributed by atoms with van der Waals surface area (Å²) in [5.41, 5.74) is 0.184. The monoisotopic (exact) mass is 380 g/mol. The van der Waals surface area contributed by atoms with Crippen molar-refractivity contribution in [3.8, 4) is 0 Å². The fourth-order valence-corrected chi connectivity index (χ4v) is 2.82. The van der Waals surface area contributed by atoms with E-state index in [1.54, 1.807) is 0 Å². The summed E-state index contributed by atoms with van der Waals surface area (Å²) in [6, 6.07) is 1.98. The second kappa shape index (κ2) is 6.60. The molecule has 1 saturated heterocycles. The standard InChI is InChI=1S/C13H15F2IN2O/c14-10-5-9(12(16)6-11(10)15)13(19)18-4-2-8-1-3-17-7-8/h5-6,8,17H,1-4,7H2,(H,18,19). The SMILES string of the molecule is O=C(NCCC1CCNC1)c1cc(F)c(F)cc1I. The van der Waals surface area contributed by atoms with Crippen molar-refractivity contribution < 1.29 is 13.6 Å². The first-order chi connectivity index (χ1) is 9.08. The summed E-state index contributed by atoms with van der Waals surface area (Å²) in [7, 11) is 0. The van der Waals surface area contributed by atoms with E-state index in [1.807, 2.05) is 22.6 Å². The lowest BCUT2D eigenvalue weighted by Gasteiger charge is -2.10. The average molecular weight is 380 g/mol. The quantitative estimate of drug-likeness (QED) is 0.622. The predicted molar refractivity (Wildman–Crippen MR) is 77.0 cm³/mol. The molecule has 1 unspecified atom stereocenters. The van der Waals surface area contributed by atoms with Crippen LogP contribution in [-0.2, 0) is 0 Å². The first-order valence-corrected chi connectivity index (χ1v) is 7.29. The van der Waals surface area contributed by atoms with Crippen LogP contribution < -0.4 is 10.6 Å². The van der Waals surface area contributed by atoms with Crippen molar-refractivity contribution in [3.63, 3.8) is 0 Å². The molecule has 0 aromatic heterocycles. The van der Waals surface area contributed by atoms with Crippen LogP contribution in [0.25, 0.3) is 0 Å². The van der Waals surface area contributed by atoms with Crippen LogP contribution in [-0.4, -0.2) is 25.5 Å². The van der Waals surface area contributed by atoms with Crippen LogP contribution in [0.3, 0.4) is 0 Å². The smallest absolute Gasteiger partial charge is 0.252 e. The van der Waals surface area contributed by atoms with E-state index in [4.69, 9.17) is 0 Å². The Balaban J connectivity index is 1.90. The van der Waals surface area contributed by atoms with Gasteiger partial charge in [0, 0.05) is 10.1 Å². The van der Waals surface area contributed by atoms with Crippen molar-refractivity contribution in [2.24, 2.45) is 5.92 Å². The van der Waals surface area contributed by atoms with E-state index in [2.05, 4.69) is 10.6 Å². The van der Waals surface area contributed by atoms with Gasteiger partial charge in [-0.1, -0.05) is 0 Å². The lowest BCUT2D eigenvalue weighted by Crippen LogP contribution is -2.27. The number of halogens is 3. The first kappa shape index (κ1) is 14.6. The van der Waals surface area contributed by atoms with Crippen molar-refractivity contribution in [2.75, 3.05) is 19.6 Å². The molecule has 1 amide bonds. The zero-order valence-electron chi connectivity index (χ0n) is 10.3. The van der Waals surface area contributed by atoms with Gasteiger partial charge in [-0.05, 0) is 66.6 Å². The van der Waals surface area contributed by atoms with E-state index in [0.717, 1.165) is 38.1 Å². The molecule has 0 radical (unpaired) electrons. The van der Waals surface area contributed by atoms with E-state index in [-0.39, 0.29) is 11.5 Å². The molecule has 1 aliphatic heterocycles. The predicted octanol–water partition coefficient (Wildman–Crippen LogP) is 2.30. The van der Waals surface area contributed by atoms with Gasteiger partial charge in [0.05, 0.1) is 5.56 Å². The molecule has 3 nitrogen and oxygen atoms in total. The molecule has 0 bridgehead atoms. The van der Waals surface area contributed by atoms with E-state index >= 15 is 0 Å². The van der Waals surface area contributed by atoms with Crippen molar-refractivity contribution in [1.82, 2.24) is 10.6 Å². The Kier molecular flexibility index (Phi) is 5.09. The van der Waals surface area contributed by atoms with Gasteiger partial charge in [-0.2, -0.15) is 0 Å². The van der Waals surface area contributed by atoms with E-state index in [0.29, 0.717) is 16.0 Å². The fraction of sp³-hybridized carbons (Fsp3) is 0.462. The third kappa shape index (κ3) is 3.85. The zero-order valence-corrected chi connectivity index (χ0v) is 12.5. The van der Waals surface area contributed by atoms with Gasteiger partial charge in [-0.25, -0.2) is 8.78 Å². The van der Waals surface area contributed by atoms with Gasteiger partial charge in [-0.3, -0.25) is 4.79 Å². The van der Waals surface area contributed by atoms with E-state index in [1.165, 1.54) is 0 Å². The minimum atomic E-state index is -0.995. The topological polar surface area (TPSA) is 41.1 Å². The molecule has 0 aliphatic carbocycles. The Morgan fingerprint density at radius 2 is 2.16 bits per heavy atom. The van der Waals surface area contributed by atoms with Gasteiger partial charge in [-0.15, -0.1) is 0 Å². The Morgan fingerprint density at radius 3 is 2.84 bits per heavy atom. The number of amides is 1. The van der Waals surface area contributed by atoms with Gasteiger partial charge in [0.25, 0.3) is 5.91 Å². The van der Waals surface area contributed by atoms with Crippen molar-refractivity contribution in [2.45, 2.75) is 12.8 Å². The maximum absolute atomic E-state index is 13.1. The second-order valence-corrected chi connectivity index (χ2v) is 5.81. The highest BCUT2D eigenvalue weighted by molar-refractivity contribution is 14.1. The minimum absolute atomic E-state index is 0.184. The number of carbonyl (C=O) groups is 1. The van der Waals surface area contributed by atoms with Crippen LogP contribution >= 0.6 is 22.6 Å². The van der Waals surface area contributed by atoms with Crippen LogP contribution in [0.15, 0.2) is 12.1 Å². The zero-order chi connectivity index (χ0) is 13.8. The highest BCUT2D eigenvalue weighted by Crippen LogP contribution is 2.17. The molecule has 1 aromatic carbocycles. The molecule has 104 valence electrons. The summed E-state index contributed by atoms with van der Waals surface area (Å²) in [5.74, 6) is -1.69. The Hall–Kier alpha value is -0.760. The molecular formula is C13H15F2IN2O. The van der Waals surface area contributed by atoms with Crippen molar-refractivity contribution >= 4 is 28.5 Å². The van der Waals surface area contributed by atoms with E-state index < -0.39 is 11.6 Å². The summed E-state index contributed by atoms with van der Waals surface area (Å²) in [6.45, 7) is 2.57. The van der Waals surface area contributed by atoms with Crippen LogP contribution in [0, 0.1) is 21.1 Å². The number of hydrogen-bond donors (Lipinski definition) is 2. The summed E-state index contributed by atoms with van der Waals surface area (Å²) in [4.78, 5) is 11.9. The second-order valence-electron chi connectivity index (χ2n) is 4.65. The maximum Gasteiger partial charge on any atom is 0.252 e. The van der Waals surface area contributed by atoms with Gasteiger partial charge in [0.15, 0.2) is 11.6 Å². The summed E-state index contributed by atoms with van der Waals surface area (Å²) < 4.78 is 26.5. The van der Waals surface area contributed by atoms with E-state index in [9.17, 15) is 13.6 Å². The highest BCUT2D eigenvalue weighted by Gasteiger charge is 2.16. The molecule has 2 rings (SSSR count). The number of carbonyl (C=O) groups excluding carboxylic acids is 1. The lowest BCUT2D eigenvalue weighted by molar-refractivity contribution is 0.0950. The van der Waals surface area contributed by atoms with Crippen LogP contribution in [0.5, 0.6) is 0 Å². The molecule has 1 aromatic rings. The first-order valence-electron chi connectivity index (χ1n) is 6.21. The van der Waals surface area contributed by atoms with Crippen LogP contribution in [0.1, 0.15) is 23.2 Å². The Morgan fingerprint density at radius 1 is 1.42 bits per heavy atom. The largest absolute Gasteiger partial charge is 0.352 e. The van der Waals surface area contributed by atoms with Gasteiger partial charge in [0.1, 0.15) is 0 Å². The third-order valence-corrected chi connectivity index (χ3v) is 4.15. The molecule has 0 saturated carbocycles. The fourth-order valence-electron chi connectivity index (χ4n) is 2.14. The molecule has 0 spiro atoms. The van der Waals surface area contributed by atoms with Crippen LogP contribution in [0.4, 0.5) is 8.78 Å². The lowest BCUT2D eigenvalue weighted by atomic mass is 10.1. The van der Waals surface area contributed by atoms with Crippen molar-refractivity contribution in [1.29, 1.82) is 0 Å². The molecule has 1 atom stereocenters. The molecule has 6 heteroatoms. The average Bonchev–Trinajstić information content (AvgIpc) is 2.86. The number of hydrogen-bond acceptors (Lipinski definition) is 2. The molecule has 1 aliphatic rings. The molecule has 1 heterocycles. The number of rotatable bonds is 4. The molecule has 19 heavy (non-hydrogen) atoms. The summed E-state index contributed by atoms with van der Waals surface area (Å²) in [6.07, 6.45) is 2.03. The molecular weight excluding hydrogens is 365 g/mol. The van der Waals surface area contributed by atoms with Gasteiger partial charge < -0.3 is 10.6 Å². The van der Waals surface area contributed by atoms with Gasteiger partial charge in [0.2, 0.25) is 0 Å². The Bertz CT molecular complexity index is 476. The molecule has 2 N–H and O–H groups in total. The number of nitrogens with one attached hydrogen (secondary N) is 2. The Labute approximate surface area is 124 Å². The highest BCUT2D eigenvalue weighted by atomic mass is 127. The summed E-state index contributed by atoms with van der Waals surface area (Å²) >= 11 is 1.83. The maximum atomic E-state index is 13.1. The van der Waals surface area contributed by atoms with Crippen molar-refractivity contribution in [3.05, 3.63) is 32.9 Å². The third-order valence-electron chi connectivity index (χ3n) is 3.26. The normalized spacial score (nSPS) is 18.6. The summed E-state index contributed by atoms with van der Waals surface area (Å²) in [5, 5.41) is 6.01.